The highest BCUT2D eigenvalue weighted by Gasteiger charge is 2.16. The van der Waals surface area contributed by atoms with Gasteiger partial charge in [-0.25, -0.2) is 0 Å². The normalized spacial score (nSPS) is 11.6. The van der Waals surface area contributed by atoms with Crippen molar-refractivity contribution in [1.29, 1.82) is 0 Å². The Morgan fingerprint density at radius 3 is 2.49 bits per heavy atom. The molecule has 0 saturated carbocycles. The van der Waals surface area contributed by atoms with E-state index in [0.717, 1.165) is 56.0 Å². The van der Waals surface area contributed by atoms with Gasteiger partial charge in [0.15, 0.2) is 0 Å². The molecule has 0 aliphatic carbocycles. The van der Waals surface area contributed by atoms with Gasteiger partial charge in [0.2, 0.25) is 5.91 Å². The Bertz CT molecular complexity index is 1720. The van der Waals surface area contributed by atoms with Crippen LogP contribution in [0.1, 0.15) is 21.5 Å². The van der Waals surface area contributed by atoms with Crippen LogP contribution in [0, 0.1) is 0 Å². The third-order valence-electron chi connectivity index (χ3n) is 6.72. The van der Waals surface area contributed by atoms with Gasteiger partial charge in [0.25, 0.3) is 0 Å². The minimum Gasteiger partial charge on any atom is -0.455 e. The van der Waals surface area contributed by atoms with Crippen molar-refractivity contribution in [2.75, 3.05) is 6.54 Å². The number of aromatic nitrogens is 1. The first-order valence-electron chi connectivity index (χ1n) is 11.7. The molecule has 35 heavy (non-hydrogen) atoms. The Morgan fingerprint density at radius 2 is 1.63 bits per heavy atom. The second-order valence-corrected chi connectivity index (χ2v) is 8.85. The van der Waals surface area contributed by atoms with E-state index in [1.807, 2.05) is 36.4 Å². The van der Waals surface area contributed by atoms with Gasteiger partial charge in [-0.2, -0.15) is 0 Å². The highest BCUT2D eigenvalue weighted by molar-refractivity contribution is 6.10. The molecule has 0 aliphatic rings. The molecular weight excluding hydrogens is 434 g/mol. The van der Waals surface area contributed by atoms with Crippen molar-refractivity contribution in [3.8, 4) is 11.1 Å². The molecule has 0 atom stereocenters. The van der Waals surface area contributed by atoms with E-state index >= 15 is 0 Å². The van der Waals surface area contributed by atoms with Crippen molar-refractivity contribution in [1.82, 2.24) is 4.57 Å². The average molecular weight is 460 g/mol. The zero-order valence-corrected chi connectivity index (χ0v) is 19.2. The van der Waals surface area contributed by atoms with Gasteiger partial charge in [-0.3, -0.25) is 4.79 Å². The van der Waals surface area contributed by atoms with Crippen LogP contribution in [0.3, 0.4) is 0 Å². The van der Waals surface area contributed by atoms with Gasteiger partial charge < -0.3 is 20.5 Å². The molecule has 6 aromatic rings. The van der Waals surface area contributed by atoms with Crippen molar-refractivity contribution in [3.05, 3.63) is 108 Å². The van der Waals surface area contributed by atoms with Crippen molar-refractivity contribution in [2.45, 2.75) is 13.0 Å². The lowest BCUT2D eigenvalue weighted by molar-refractivity contribution is 0.0999. The average Bonchev–Trinajstić information content (AvgIpc) is 3.42. The number of hydrogen-bond donors (Lipinski definition) is 2. The lowest BCUT2D eigenvalue weighted by Gasteiger charge is -2.10. The van der Waals surface area contributed by atoms with E-state index in [-0.39, 0.29) is 0 Å². The fraction of sp³-hybridized carbons (Fsp3) is 0.100. The summed E-state index contributed by atoms with van der Waals surface area (Å²) in [4.78, 5) is 11.9. The van der Waals surface area contributed by atoms with E-state index in [1.54, 1.807) is 6.07 Å². The summed E-state index contributed by atoms with van der Waals surface area (Å²) in [5.74, 6) is -0.416. The molecule has 0 spiro atoms. The molecule has 0 saturated heterocycles. The molecule has 2 aromatic heterocycles. The molecule has 5 nitrogen and oxygen atoms in total. The SMILES string of the molecule is NCCc1cn(Cc2ccccc2C(N)=O)c2ccc(-c3cccc4c3oc3ccccc34)cc12. The van der Waals surface area contributed by atoms with Crippen LogP contribution in [-0.2, 0) is 13.0 Å². The maximum Gasteiger partial charge on any atom is 0.249 e. The molecule has 0 fully saturated rings. The van der Waals surface area contributed by atoms with Gasteiger partial charge >= 0.3 is 0 Å². The van der Waals surface area contributed by atoms with Crippen molar-refractivity contribution in [3.63, 3.8) is 0 Å². The zero-order valence-electron chi connectivity index (χ0n) is 19.2. The van der Waals surface area contributed by atoms with Crippen LogP contribution < -0.4 is 11.5 Å². The molecule has 2 heterocycles. The number of furan rings is 1. The molecule has 1 amide bonds. The summed E-state index contributed by atoms with van der Waals surface area (Å²) < 4.78 is 8.45. The minimum atomic E-state index is -0.416. The number of primary amides is 1. The molecule has 6 rings (SSSR count). The van der Waals surface area contributed by atoms with Gasteiger partial charge in [0, 0.05) is 45.5 Å². The quantitative estimate of drug-likeness (QED) is 0.327. The maximum absolute atomic E-state index is 11.9. The van der Waals surface area contributed by atoms with E-state index < -0.39 is 5.91 Å². The summed E-state index contributed by atoms with van der Waals surface area (Å²) in [5, 5.41) is 3.38. The molecule has 0 unspecified atom stereocenters. The zero-order chi connectivity index (χ0) is 23.9. The van der Waals surface area contributed by atoms with Crippen LogP contribution in [0.15, 0.2) is 95.5 Å². The first-order valence-corrected chi connectivity index (χ1v) is 11.7. The second-order valence-electron chi connectivity index (χ2n) is 8.85. The number of hydrogen-bond acceptors (Lipinski definition) is 3. The van der Waals surface area contributed by atoms with Gasteiger partial charge in [-0.1, -0.05) is 60.7 Å². The van der Waals surface area contributed by atoms with Crippen LogP contribution in [0.4, 0.5) is 0 Å². The maximum atomic E-state index is 11.9. The number of carbonyl (C=O) groups is 1. The predicted octanol–water partition coefficient (Wildman–Crippen LogP) is 5.86. The molecule has 172 valence electrons. The smallest absolute Gasteiger partial charge is 0.249 e. The number of carbonyl (C=O) groups excluding carboxylic acids is 1. The number of nitrogens with zero attached hydrogens (tertiary/aromatic N) is 1. The fourth-order valence-corrected chi connectivity index (χ4v) is 5.08. The van der Waals surface area contributed by atoms with E-state index in [1.165, 1.54) is 5.56 Å². The largest absolute Gasteiger partial charge is 0.455 e. The predicted molar refractivity (Wildman–Crippen MR) is 141 cm³/mol. The van der Waals surface area contributed by atoms with Crippen molar-refractivity contribution >= 4 is 38.7 Å². The molecule has 4 aromatic carbocycles. The Kier molecular flexibility index (Phi) is 5.12. The number of benzene rings is 4. The summed E-state index contributed by atoms with van der Waals surface area (Å²) in [5.41, 5.74) is 19.2. The van der Waals surface area contributed by atoms with E-state index in [4.69, 9.17) is 15.9 Å². The standard InChI is InChI=1S/C30H25N3O2/c31-15-14-21-18-33(17-20-6-1-2-7-23(20)30(32)34)27-13-12-19(16-26(21)27)22-9-5-10-25-24-8-3-4-11-28(24)35-29(22)25/h1-13,16,18H,14-15,17,31H2,(H2,32,34). The Morgan fingerprint density at radius 1 is 0.829 bits per heavy atom. The molecule has 0 bridgehead atoms. The van der Waals surface area contributed by atoms with Crippen LogP contribution in [-0.4, -0.2) is 17.0 Å². The molecule has 4 N–H and O–H groups in total. The van der Waals surface area contributed by atoms with Crippen LogP contribution in [0.2, 0.25) is 0 Å². The lowest BCUT2D eigenvalue weighted by atomic mass is 9.99. The van der Waals surface area contributed by atoms with Crippen molar-refractivity contribution < 1.29 is 9.21 Å². The Hall–Kier alpha value is -4.35. The third-order valence-corrected chi connectivity index (χ3v) is 6.72. The minimum absolute atomic E-state index is 0.416. The third kappa shape index (κ3) is 3.57. The van der Waals surface area contributed by atoms with Gasteiger partial charge in [-0.15, -0.1) is 0 Å². The topological polar surface area (TPSA) is 87.2 Å². The number of fused-ring (bicyclic) bond motifs is 4. The lowest BCUT2D eigenvalue weighted by Crippen LogP contribution is -2.15. The summed E-state index contributed by atoms with van der Waals surface area (Å²) >= 11 is 0. The summed E-state index contributed by atoms with van der Waals surface area (Å²) in [6.45, 7) is 1.11. The Balaban J connectivity index is 1.50. The molecule has 0 radical (unpaired) electrons. The number of rotatable bonds is 6. The first-order chi connectivity index (χ1) is 17.1. The fourth-order valence-electron chi connectivity index (χ4n) is 5.08. The molecule has 0 aliphatic heterocycles. The van der Waals surface area contributed by atoms with E-state index in [9.17, 15) is 4.79 Å². The number of amides is 1. The first kappa shape index (κ1) is 21.2. The molecular formula is C30H25N3O2. The van der Waals surface area contributed by atoms with Gasteiger partial charge in [0.1, 0.15) is 11.2 Å². The number of para-hydroxylation sites is 2. The van der Waals surface area contributed by atoms with E-state index in [0.29, 0.717) is 18.7 Å². The monoisotopic (exact) mass is 459 g/mol. The number of nitrogens with two attached hydrogens (primary N) is 2. The van der Waals surface area contributed by atoms with Crippen LogP contribution in [0.25, 0.3) is 44.0 Å². The van der Waals surface area contributed by atoms with Crippen LogP contribution in [0.5, 0.6) is 0 Å². The van der Waals surface area contributed by atoms with Crippen LogP contribution >= 0.6 is 0 Å². The van der Waals surface area contributed by atoms with Crippen molar-refractivity contribution in [2.24, 2.45) is 11.5 Å². The second kappa shape index (κ2) is 8.46. The van der Waals surface area contributed by atoms with Gasteiger partial charge in [-0.05, 0) is 53.9 Å². The van der Waals surface area contributed by atoms with E-state index in [2.05, 4.69) is 53.2 Å². The summed E-state index contributed by atoms with van der Waals surface area (Å²) in [7, 11) is 0. The summed E-state index contributed by atoms with van der Waals surface area (Å²) in [6.07, 6.45) is 2.90. The Labute approximate surface area is 202 Å². The highest BCUT2D eigenvalue weighted by Crippen LogP contribution is 2.37. The molecule has 5 heteroatoms. The highest BCUT2D eigenvalue weighted by atomic mass is 16.3. The summed E-state index contributed by atoms with van der Waals surface area (Å²) in [6, 6.07) is 28.4. The van der Waals surface area contributed by atoms with Gasteiger partial charge in [0.05, 0.1) is 0 Å².